The maximum atomic E-state index is 14.4. The maximum Gasteiger partial charge on any atom is 0.410 e. The number of ether oxygens (including phenoxy) is 5. The third kappa shape index (κ3) is 10.6. The van der Waals surface area contributed by atoms with E-state index < -0.39 is 28.8 Å². The summed E-state index contributed by atoms with van der Waals surface area (Å²) in [5, 5.41) is 36.0. The molecule has 0 bridgehead atoms. The number of benzene rings is 3. The average Bonchev–Trinajstić information content (AvgIpc) is 3.27. The molecule has 0 spiro atoms. The topological polar surface area (TPSA) is 172 Å². The van der Waals surface area contributed by atoms with Gasteiger partial charge >= 0.3 is 6.09 Å². The molecule has 0 saturated heterocycles. The number of carbonyl (C=O) groups is 1. The van der Waals surface area contributed by atoms with Crippen LogP contribution in [0, 0.1) is 27.9 Å². The molecule has 0 radical (unpaired) electrons. The number of amides is 1. The molecule has 6 atom stereocenters. The fourth-order valence-electron chi connectivity index (χ4n) is 9.27. The normalized spacial score (nSPS) is 23.2. The summed E-state index contributed by atoms with van der Waals surface area (Å²) in [5.41, 5.74) is 3.35. The molecule has 61 heavy (non-hydrogen) atoms. The lowest BCUT2D eigenvalue weighted by Gasteiger charge is -2.59. The lowest BCUT2D eigenvalue weighted by molar-refractivity contribution is -0.384. The van der Waals surface area contributed by atoms with Crippen LogP contribution in [0.15, 0.2) is 102 Å². The van der Waals surface area contributed by atoms with Crippen molar-refractivity contribution in [2.75, 3.05) is 46.7 Å². The Morgan fingerprint density at radius 2 is 1.79 bits per heavy atom. The minimum atomic E-state index is -1.45. The van der Waals surface area contributed by atoms with Gasteiger partial charge in [0.1, 0.15) is 37.0 Å². The Morgan fingerprint density at radius 3 is 2.51 bits per heavy atom. The predicted octanol–water partition coefficient (Wildman–Crippen LogP) is 8.72. The Kier molecular flexibility index (Phi) is 16.3. The van der Waals surface area contributed by atoms with Gasteiger partial charge < -0.3 is 38.7 Å². The molecule has 0 aromatic heterocycles. The molecule has 328 valence electrons. The summed E-state index contributed by atoms with van der Waals surface area (Å²) in [5.74, 6) is -0.883. The summed E-state index contributed by atoms with van der Waals surface area (Å²) >= 11 is 0. The van der Waals surface area contributed by atoms with Gasteiger partial charge in [0.25, 0.3) is 5.69 Å². The summed E-state index contributed by atoms with van der Waals surface area (Å²) in [7, 11) is 1.51. The van der Waals surface area contributed by atoms with Crippen molar-refractivity contribution >= 4 is 17.5 Å². The Hall–Kier alpha value is -5.28. The number of hydrogen-bond acceptors (Lipinski definition) is 12. The minimum Gasteiger partial charge on any atom is -0.459 e. The average molecular weight is 842 g/mol. The van der Waals surface area contributed by atoms with E-state index in [0.29, 0.717) is 55.4 Å². The largest absolute Gasteiger partial charge is 0.459 e. The molecule has 1 heterocycles. The number of nitro benzene ring substituents is 1. The van der Waals surface area contributed by atoms with Crippen molar-refractivity contribution < 1.29 is 48.5 Å². The van der Waals surface area contributed by atoms with E-state index in [4.69, 9.17) is 28.5 Å². The monoisotopic (exact) mass is 841 g/mol. The standard InChI is InChI=1S/C47H59N3O11/c1-4-22-49(46(53)58-27-26-57-32-33-14-7-6-8-15-33)43-31-41(48-56-3)39-28-34(16-9-11-23-51)38(19-10-12-24-52)44-40-30-37(60-36-18-13-17-35(29-36)50(54)55)20-21-42(40)61-47(43,45(39)44)59-25-5-2/h5-8,13-15,17-18,20-21,28-30,34,38,43-45,51-52H,2,4,9-12,16,19,22-27,31-32H2,1,3H3. The van der Waals surface area contributed by atoms with Crippen LogP contribution in [0.1, 0.15) is 75.3 Å². The first-order valence-corrected chi connectivity index (χ1v) is 21.4. The fraction of sp³-hybridized carbons (Fsp3) is 0.489. The van der Waals surface area contributed by atoms with Gasteiger partial charge in [-0.1, -0.05) is 73.5 Å². The van der Waals surface area contributed by atoms with Gasteiger partial charge in [0.2, 0.25) is 5.79 Å². The zero-order valence-corrected chi connectivity index (χ0v) is 35.2. The molecule has 14 nitrogen and oxygen atoms in total. The van der Waals surface area contributed by atoms with E-state index in [1.807, 2.05) is 49.4 Å². The number of oxime groups is 1. The number of unbranched alkanes of at least 4 members (excludes halogenated alkanes) is 2. The number of aliphatic hydroxyl groups is 2. The van der Waals surface area contributed by atoms with E-state index in [1.165, 1.54) is 19.2 Å². The lowest BCUT2D eigenvalue weighted by atomic mass is 9.55. The number of allylic oxidation sites excluding steroid dienone is 1. The Bertz CT molecular complexity index is 1990. The molecule has 3 aromatic carbocycles. The zero-order chi connectivity index (χ0) is 43.2. The van der Waals surface area contributed by atoms with Crippen molar-refractivity contribution in [3.8, 4) is 17.2 Å². The maximum absolute atomic E-state index is 14.4. The highest BCUT2D eigenvalue weighted by Crippen LogP contribution is 2.62. The molecule has 3 aliphatic rings. The third-order valence-corrected chi connectivity index (χ3v) is 11.8. The molecule has 2 aliphatic carbocycles. The second-order valence-corrected chi connectivity index (χ2v) is 15.7. The highest BCUT2D eigenvalue weighted by atomic mass is 16.7. The predicted molar refractivity (Wildman–Crippen MR) is 230 cm³/mol. The van der Waals surface area contributed by atoms with Gasteiger partial charge in [-0.25, -0.2) is 4.79 Å². The van der Waals surface area contributed by atoms with Crippen LogP contribution in [0.5, 0.6) is 17.2 Å². The summed E-state index contributed by atoms with van der Waals surface area (Å²) < 4.78 is 32.3. The first-order chi connectivity index (χ1) is 29.8. The van der Waals surface area contributed by atoms with Gasteiger partial charge in [-0.3, -0.25) is 15.0 Å². The van der Waals surface area contributed by atoms with Crippen molar-refractivity contribution in [2.24, 2.45) is 22.9 Å². The van der Waals surface area contributed by atoms with Crippen molar-refractivity contribution in [3.05, 3.63) is 118 Å². The molecule has 1 amide bonds. The molecule has 1 fully saturated rings. The number of fused-ring (bicyclic) bond motifs is 2. The van der Waals surface area contributed by atoms with Crippen LogP contribution in [0.25, 0.3) is 0 Å². The van der Waals surface area contributed by atoms with Crippen molar-refractivity contribution in [1.29, 1.82) is 0 Å². The number of hydrogen-bond donors (Lipinski definition) is 2. The second kappa shape index (κ2) is 22.0. The number of aliphatic hydroxyl groups excluding tert-OH is 2. The third-order valence-electron chi connectivity index (χ3n) is 11.8. The molecule has 3 aromatic rings. The molecule has 2 N–H and O–H groups in total. The van der Waals surface area contributed by atoms with Gasteiger partial charge in [-0.05, 0) is 79.3 Å². The van der Waals surface area contributed by atoms with Crippen molar-refractivity contribution in [1.82, 2.24) is 4.90 Å². The van der Waals surface area contributed by atoms with E-state index in [9.17, 15) is 25.1 Å². The molecule has 14 heteroatoms. The Labute approximate surface area is 357 Å². The number of rotatable bonds is 23. The first-order valence-electron chi connectivity index (χ1n) is 21.4. The van der Waals surface area contributed by atoms with Crippen LogP contribution >= 0.6 is 0 Å². The van der Waals surface area contributed by atoms with Gasteiger partial charge in [-0.2, -0.15) is 0 Å². The SMILES string of the molecule is C=CCOC12Oc3ccc(Oc4cccc([N+](=O)[O-])c4)cc3C3C(CCCCO)C(CCCCO)C=C(C(=NOC)CC1N(CCC)C(=O)OCCOCc1ccccc1)C32. The smallest absolute Gasteiger partial charge is 0.410 e. The van der Waals surface area contributed by atoms with Crippen molar-refractivity contribution in [3.63, 3.8) is 0 Å². The van der Waals surface area contributed by atoms with Gasteiger partial charge in [-0.15, -0.1) is 6.58 Å². The summed E-state index contributed by atoms with van der Waals surface area (Å²) in [6, 6.07) is 20.6. The van der Waals surface area contributed by atoms with E-state index in [1.54, 1.807) is 29.2 Å². The van der Waals surface area contributed by atoms with Gasteiger partial charge in [0.05, 0.1) is 42.4 Å². The molecule has 6 unspecified atom stereocenters. The first kappa shape index (κ1) is 45.3. The minimum absolute atomic E-state index is 0.00250. The number of nitro groups is 1. The molecule has 6 rings (SSSR count). The fourth-order valence-corrected chi connectivity index (χ4v) is 9.27. The highest BCUT2D eigenvalue weighted by molar-refractivity contribution is 6.03. The highest BCUT2D eigenvalue weighted by Gasteiger charge is 2.65. The van der Waals surface area contributed by atoms with Gasteiger partial charge in [0.15, 0.2) is 0 Å². The molecule has 1 aliphatic heterocycles. The van der Waals surface area contributed by atoms with E-state index in [2.05, 4.69) is 17.8 Å². The summed E-state index contributed by atoms with van der Waals surface area (Å²) in [6.45, 7) is 7.20. The molecular weight excluding hydrogens is 783 g/mol. The number of carbonyl (C=O) groups excluding carboxylic acids is 1. The van der Waals surface area contributed by atoms with E-state index in [-0.39, 0.29) is 62.9 Å². The van der Waals surface area contributed by atoms with Crippen LogP contribution in [-0.2, 0) is 25.7 Å². The Morgan fingerprint density at radius 1 is 1.02 bits per heavy atom. The Balaban J connectivity index is 1.46. The quantitative estimate of drug-likeness (QED) is 0.0405. The molecular formula is C47H59N3O11. The van der Waals surface area contributed by atoms with E-state index in [0.717, 1.165) is 42.4 Å². The molecule has 1 saturated carbocycles. The van der Waals surface area contributed by atoms with Crippen LogP contribution in [0.2, 0.25) is 0 Å². The number of nitrogens with zero attached hydrogens (tertiary/aromatic N) is 3. The van der Waals surface area contributed by atoms with Crippen LogP contribution in [0.3, 0.4) is 0 Å². The van der Waals surface area contributed by atoms with Crippen LogP contribution in [0.4, 0.5) is 10.5 Å². The van der Waals surface area contributed by atoms with Crippen LogP contribution in [-0.4, -0.2) is 90.4 Å². The lowest BCUT2D eigenvalue weighted by Crippen LogP contribution is -2.70. The summed E-state index contributed by atoms with van der Waals surface area (Å²) in [6.07, 6.45) is 8.63. The van der Waals surface area contributed by atoms with Crippen molar-refractivity contribution in [2.45, 2.75) is 82.6 Å². The second-order valence-electron chi connectivity index (χ2n) is 15.7. The summed E-state index contributed by atoms with van der Waals surface area (Å²) in [4.78, 5) is 32.7. The zero-order valence-electron chi connectivity index (χ0n) is 35.2. The van der Waals surface area contributed by atoms with Gasteiger partial charge in [0, 0.05) is 43.7 Å². The number of non-ortho nitro benzene ring substituents is 1. The van der Waals surface area contributed by atoms with E-state index >= 15 is 0 Å². The van der Waals surface area contributed by atoms with Crippen LogP contribution < -0.4 is 9.47 Å².